The maximum Gasteiger partial charge on any atom is 0.313 e. The molecule has 0 heterocycles. The Balaban J connectivity index is 1.58. The minimum atomic E-state index is -0.418. The summed E-state index contributed by atoms with van der Waals surface area (Å²) >= 11 is 0. The third kappa shape index (κ3) is 3.31. The highest BCUT2D eigenvalue weighted by atomic mass is 16.5. The molecule has 0 aromatic carbocycles. The van der Waals surface area contributed by atoms with E-state index in [0.29, 0.717) is 11.8 Å². The number of fused-ring (bicyclic) bond motifs is 7. The summed E-state index contributed by atoms with van der Waals surface area (Å²) in [6.45, 7) is 17.2. The zero-order chi connectivity index (χ0) is 26.4. The quantitative estimate of drug-likeness (QED) is 0.248. The molecule has 0 aliphatic heterocycles. The largest absolute Gasteiger partial charge is 0.452 e. The summed E-state index contributed by atoms with van der Waals surface area (Å²) < 4.78 is 5.70. The molecule has 4 saturated carbocycles. The molecule has 36 heavy (non-hydrogen) atoms. The molecule has 0 radical (unpaired) electrons. The molecule has 0 saturated heterocycles. The van der Waals surface area contributed by atoms with E-state index in [4.69, 9.17) is 11.2 Å². The van der Waals surface area contributed by atoms with Gasteiger partial charge in [0, 0.05) is 0 Å². The molecule has 0 amide bonds. The summed E-state index contributed by atoms with van der Waals surface area (Å²) in [5, 5.41) is 10.9. The van der Waals surface area contributed by atoms with Gasteiger partial charge in [-0.15, -0.1) is 6.42 Å². The number of carbonyl (C=O) groups excluding carboxylic acids is 1. The van der Waals surface area contributed by atoms with Crippen LogP contribution in [0.25, 0.3) is 0 Å². The summed E-state index contributed by atoms with van der Waals surface area (Å²) in [4.78, 5) is 13.6. The third-order valence-corrected chi connectivity index (χ3v) is 13.3. The molecule has 0 aromatic heterocycles. The van der Waals surface area contributed by atoms with Crippen molar-refractivity contribution in [3.8, 4) is 12.3 Å². The van der Waals surface area contributed by atoms with Gasteiger partial charge in [-0.2, -0.15) is 0 Å². The number of hydrogen-bond acceptors (Lipinski definition) is 3. The zero-order valence-electron chi connectivity index (χ0n) is 24.0. The van der Waals surface area contributed by atoms with Gasteiger partial charge in [0.15, 0.2) is 6.61 Å². The summed E-state index contributed by atoms with van der Waals surface area (Å²) in [6.07, 6.45) is 18.4. The Kier molecular flexibility index (Phi) is 5.94. The fourth-order valence-corrected chi connectivity index (χ4v) is 10.9. The van der Waals surface area contributed by atoms with Gasteiger partial charge in [-0.3, -0.25) is 4.79 Å². The SMILES string of the molecule is C#CCOC(=O)[C@]12CCC(C)(C)C[C@H]1C1=CCC3[C@@]4(C)CC[C@H](O)C(C)(C)C4CC[C@@]3(C)[C@]1(C)CC2. The third-order valence-electron chi connectivity index (χ3n) is 13.3. The highest BCUT2D eigenvalue weighted by molar-refractivity contribution is 5.79. The van der Waals surface area contributed by atoms with Crippen LogP contribution < -0.4 is 0 Å². The summed E-state index contributed by atoms with van der Waals surface area (Å²) in [5.74, 6) is 3.89. The lowest BCUT2D eigenvalue weighted by atomic mass is 9.33. The first-order chi connectivity index (χ1) is 16.7. The zero-order valence-corrected chi connectivity index (χ0v) is 24.0. The van der Waals surface area contributed by atoms with Crippen LogP contribution in [0.1, 0.15) is 113 Å². The average Bonchev–Trinajstić information content (AvgIpc) is 2.80. The van der Waals surface area contributed by atoms with E-state index in [1.807, 2.05) is 0 Å². The Morgan fingerprint density at radius 3 is 2.39 bits per heavy atom. The molecule has 200 valence electrons. The van der Waals surface area contributed by atoms with Gasteiger partial charge in [0.05, 0.1) is 11.5 Å². The van der Waals surface area contributed by atoms with Gasteiger partial charge < -0.3 is 9.84 Å². The lowest BCUT2D eigenvalue weighted by molar-refractivity contribution is -0.206. The van der Waals surface area contributed by atoms with Gasteiger partial charge in [-0.25, -0.2) is 0 Å². The van der Waals surface area contributed by atoms with E-state index in [2.05, 4.69) is 60.5 Å². The molecule has 4 fully saturated rings. The number of carbonyl (C=O) groups is 1. The molecule has 0 spiro atoms. The Hall–Kier alpha value is -1.27. The standard InChI is InChI=1S/C33H50O3/c1-9-20-36-27(35)33-18-16-28(2,3)21-23(33)22-10-11-25-30(6)14-13-26(34)29(4,5)24(30)12-15-32(25,8)31(22,7)17-19-33/h1,10,23-26,34H,11-21H2,2-8H3/t23-,24?,25?,26-,30-,31+,32+,33-/m0/s1. The topological polar surface area (TPSA) is 46.5 Å². The predicted octanol–water partition coefficient (Wildman–Crippen LogP) is 7.33. The lowest BCUT2D eigenvalue weighted by Crippen LogP contribution is -2.65. The molecule has 5 aliphatic rings. The van der Waals surface area contributed by atoms with E-state index < -0.39 is 5.41 Å². The predicted molar refractivity (Wildman–Crippen MR) is 145 cm³/mol. The molecular weight excluding hydrogens is 444 g/mol. The van der Waals surface area contributed by atoms with E-state index in [-0.39, 0.29) is 51.7 Å². The highest BCUT2D eigenvalue weighted by Crippen LogP contribution is 2.75. The van der Waals surface area contributed by atoms with Gasteiger partial charge in [-0.1, -0.05) is 66.0 Å². The number of hydrogen-bond donors (Lipinski definition) is 1. The number of terminal acetylenes is 1. The minimum Gasteiger partial charge on any atom is -0.452 e. The van der Waals surface area contributed by atoms with Crippen molar-refractivity contribution in [2.75, 3.05) is 6.61 Å². The van der Waals surface area contributed by atoms with Crippen molar-refractivity contribution in [2.24, 2.45) is 50.2 Å². The highest BCUT2D eigenvalue weighted by Gasteiger charge is 2.69. The van der Waals surface area contributed by atoms with Crippen molar-refractivity contribution < 1.29 is 14.6 Å². The van der Waals surface area contributed by atoms with Gasteiger partial charge in [-0.05, 0) is 109 Å². The summed E-state index contributed by atoms with van der Waals surface area (Å²) in [6, 6.07) is 0. The van der Waals surface area contributed by atoms with Crippen LogP contribution >= 0.6 is 0 Å². The lowest BCUT2D eigenvalue weighted by Gasteiger charge is -2.71. The normalized spacial score (nSPS) is 48.7. The smallest absolute Gasteiger partial charge is 0.313 e. The monoisotopic (exact) mass is 494 g/mol. The van der Waals surface area contributed by atoms with Crippen LogP contribution in [0.5, 0.6) is 0 Å². The first kappa shape index (κ1) is 26.3. The van der Waals surface area contributed by atoms with Crippen molar-refractivity contribution in [3.05, 3.63) is 11.6 Å². The molecule has 1 N–H and O–H groups in total. The Bertz CT molecular complexity index is 999. The minimum absolute atomic E-state index is 0.0326. The number of ether oxygens (including phenoxy) is 1. The second-order valence-electron chi connectivity index (χ2n) is 15.5. The Labute approximate surface area is 220 Å². The fraction of sp³-hybridized carbons (Fsp3) is 0.848. The first-order valence-corrected chi connectivity index (χ1v) is 14.7. The average molecular weight is 495 g/mol. The molecule has 3 nitrogen and oxygen atoms in total. The van der Waals surface area contributed by atoms with Crippen molar-refractivity contribution in [2.45, 2.75) is 119 Å². The molecule has 0 aromatic rings. The summed E-state index contributed by atoms with van der Waals surface area (Å²) in [5.41, 5.74) is 1.89. The van der Waals surface area contributed by atoms with Crippen LogP contribution in [0.3, 0.4) is 0 Å². The maximum absolute atomic E-state index is 13.6. The van der Waals surface area contributed by atoms with E-state index in [9.17, 15) is 9.90 Å². The number of aliphatic hydroxyl groups is 1. The van der Waals surface area contributed by atoms with Crippen molar-refractivity contribution >= 4 is 5.97 Å². The Morgan fingerprint density at radius 2 is 1.69 bits per heavy atom. The number of esters is 1. The molecule has 2 unspecified atom stereocenters. The van der Waals surface area contributed by atoms with Gasteiger partial charge in [0.2, 0.25) is 0 Å². The molecular formula is C33H50O3. The van der Waals surface area contributed by atoms with Crippen LogP contribution in [0.4, 0.5) is 0 Å². The van der Waals surface area contributed by atoms with E-state index in [1.54, 1.807) is 5.57 Å². The van der Waals surface area contributed by atoms with Crippen LogP contribution in [0.15, 0.2) is 11.6 Å². The molecule has 3 heteroatoms. The van der Waals surface area contributed by atoms with Crippen LogP contribution in [-0.2, 0) is 9.53 Å². The number of allylic oxidation sites excluding steroid dienone is 2. The molecule has 8 atom stereocenters. The van der Waals surface area contributed by atoms with Gasteiger partial charge in [0.25, 0.3) is 0 Å². The number of aliphatic hydroxyl groups excluding tert-OH is 1. The van der Waals surface area contributed by atoms with Crippen molar-refractivity contribution in [1.29, 1.82) is 0 Å². The first-order valence-electron chi connectivity index (χ1n) is 14.7. The second kappa shape index (κ2) is 8.11. The number of rotatable bonds is 2. The Morgan fingerprint density at radius 1 is 1.00 bits per heavy atom. The van der Waals surface area contributed by atoms with E-state index in [0.717, 1.165) is 51.4 Å². The van der Waals surface area contributed by atoms with Crippen LogP contribution in [-0.4, -0.2) is 23.8 Å². The van der Waals surface area contributed by atoms with Crippen molar-refractivity contribution in [3.63, 3.8) is 0 Å². The molecule has 5 rings (SSSR count). The van der Waals surface area contributed by atoms with E-state index >= 15 is 0 Å². The fourth-order valence-electron chi connectivity index (χ4n) is 10.9. The van der Waals surface area contributed by atoms with Gasteiger partial charge in [0.1, 0.15) is 0 Å². The maximum atomic E-state index is 13.6. The molecule has 0 bridgehead atoms. The van der Waals surface area contributed by atoms with Crippen LogP contribution in [0.2, 0.25) is 0 Å². The van der Waals surface area contributed by atoms with E-state index in [1.165, 1.54) is 12.8 Å². The van der Waals surface area contributed by atoms with Crippen LogP contribution in [0, 0.1) is 62.6 Å². The molecule has 5 aliphatic carbocycles. The van der Waals surface area contributed by atoms with Crippen molar-refractivity contribution in [1.82, 2.24) is 0 Å². The summed E-state index contributed by atoms with van der Waals surface area (Å²) in [7, 11) is 0. The second-order valence-corrected chi connectivity index (χ2v) is 15.5. The van der Waals surface area contributed by atoms with Gasteiger partial charge >= 0.3 is 5.97 Å².